The van der Waals surface area contributed by atoms with Crippen LogP contribution in [-0.2, 0) is 0 Å². The number of fused-ring (bicyclic) bond motifs is 1. The first-order chi connectivity index (χ1) is 10.9. The molecule has 23 heavy (non-hydrogen) atoms. The van der Waals surface area contributed by atoms with Crippen LogP contribution in [0.25, 0.3) is 0 Å². The predicted molar refractivity (Wildman–Crippen MR) is 76.0 cm³/mol. The van der Waals surface area contributed by atoms with Crippen LogP contribution in [0.5, 0.6) is 0 Å². The molecule has 1 aliphatic carbocycles. The van der Waals surface area contributed by atoms with E-state index in [0.29, 0.717) is 35.8 Å². The Morgan fingerprint density at radius 3 is 2.74 bits per heavy atom. The minimum absolute atomic E-state index is 0.205. The number of hydrogen-bond acceptors (Lipinski definition) is 5. The van der Waals surface area contributed by atoms with Crippen molar-refractivity contribution >= 4 is 5.71 Å². The molecular formula is C15H15F3N4O. The third-order valence-electron chi connectivity index (χ3n) is 4.27. The van der Waals surface area contributed by atoms with Crippen molar-refractivity contribution in [3.63, 3.8) is 0 Å². The summed E-state index contributed by atoms with van der Waals surface area (Å²) in [5.74, 6) is 0.189. The summed E-state index contributed by atoms with van der Waals surface area (Å²) in [5.41, 5.74) is 1.85. The Labute approximate surface area is 130 Å². The summed E-state index contributed by atoms with van der Waals surface area (Å²) in [5, 5.41) is 6.78. The molecule has 0 bridgehead atoms. The Morgan fingerprint density at radius 1 is 1.35 bits per heavy atom. The van der Waals surface area contributed by atoms with Gasteiger partial charge in [0.1, 0.15) is 23.8 Å². The normalized spacial score (nSPS) is 23.3. The highest BCUT2D eigenvalue weighted by Gasteiger charge is 2.54. The number of aliphatic imine (C=N–C) groups is 1. The molecule has 0 unspecified atom stereocenters. The van der Waals surface area contributed by atoms with Crippen LogP contribution in [0, 0.1) is 5.92 Å². The molecule has 0 saturated heterocycles. The van der Waals surface area contributed by atoms with Crippen LogP contribution in [0.2, 0.25) is 0 Å². The molecule has 8 heteroatoms. The second kappa shape index (κ2) is 4.95. The van der Waals surface area contributed by atoms with E-state index in [1.165, 1.54) is 11.3 Å². The number of nitrogens with zero attached hydrogens (tertiary/aromatic N) is 4. The first-order valence-corrected chi connectivity index (χ1v) is 7.46. The summed E-state index contributed by atoms with van der Waals surface area (Å²) in [7, 11) is 0. The van der Waals surface area contributed by atoms with E-state index < -0.39 is 12.2 Å². The number of halogens is 3. The maximum Gasteiger partial charge on any atom is 0.406 e. The highest BCUT2D eigenvalue weighted by atomic mass is 19.4. The Morgan fingerprint density at radius 2 is 2.13 bits per heavy atom. The molecule has 0 aromatic carbocycles. The fourth-order valence-corrected chi connectivity index (χ4v) is 3.17. The lowest BCUT2D eigenvalue weighted by molar-refractivity contribution is -0.212. The lowest BCUT2D eigenvalue weighted by Gasteiger charge is -2.39. The molecule has 3 heterocycles. The van der Waals surface area contributed by atoms with E-state index in [2.05, 4.69) is 10.1 Å². The maximum absolute atomic E-state index is 13.5. The molecule has 2 aliphatic heterocycles. The zero-order valence-corrected chi connectivity index (χ0v) is 12.4. The van der Waals surface area contributed by atoms with Crippen LogP contribution in [0.4, 0.5) is 13.2 Å². The number of hydrazine groups is 1. The molecule has 1 atom stereocenters. The third kappa shape index (κ3) is 2.46. The lowest BCUT2D eigenvalue weighted by atomic mass is 10.1. The molecule has 0 amide bonds. The van der Waals surface area contributed by atoms with Gasteiger partial charge in [0, 0.05) is 18.3 Å². The van der Waals surface area contributed by atoms with Gasteiger partial charge >= 0.3 is 6.18 Å². The van der Waals surface area contributed by atoms with Crippen molar-refractivity contribution in [2.45, 2.75) is 32.0 Å². The van der Waals surface area contributed by atoms with Gasteiger partial charge in [0.05, 0.1) is 5.71 Å². The topological polar surface area (TPSA) is 44.9 Å². The van der Waals surface area contributed by atoms with Crippen molar-refractivity contribution in [2.75, 3.05) is 6.54 Å². The van der Waals surface area contributed by atoms with Gasteiger partial charge in [0.25, 0.3) is 0 Å². The molecule has 5 nitrogen and oxygen atoms in total. The first kappa shape index (κ1) is 14.5. The van der Waals surface area contributed by atoms with Crippen LogP contribution in [0.1, 0.15) is 25.5 Å². The molecule has 1 aromatic rings. The minimum atomic E-state index is -4.25. The van der Waals surface area contributed by atoms with E-state index in [0.717, 1.165) is 0 Å². The second-order valence-electron chi connectivity index (χ2n) is 5.99. The number of allylic oxidation sites excluding steroid dienone is 2. The van der Waals surface area contributed by atoms with Gasteiger partial charge in [-0.3, -0.25) is 5.01 Å². The lowest BCUT2D eigenvalue weighted by Crippen LogP contribution is -2.52. The van der Waals surface area contributed by atoms with E-state index in [-0.39, 0.29) is 12.5 Å². The van der Waals surface area contributed by atoms with E-state index in [1.54, 1.807) is 30.2 Å². The van der Waals surface area contributed by atoms with E-state index >= 15 is 0 Å². The van der Waals surface area contributed by atoms with Gasteiger partial charge < -0.3 is 4.52 Å². The first-order valence-electron chi connectivity index (χ1n) is 7.46. The molecule has 0 spiro atoms. The van der Waals surface area contributed by atoms with Crippen LogP contribution in [-0.4, -0.2) is 39.6 Å². The van der Waals surface area contributed by atoms with E-state index in [9.17, 15) is 13.2 Å². The summed E-state index contributed by atoms with van der Waals surface area (Å²) in [6.07, 6.45) is 1.89. The number of hydrogen-bond donors (Lipinski definition) is 0. The highest BCUT2D eigenvalue weighted by Crippen LogP contribution is 2.46. The largest absolute Gasteiger partial charge is 0.406 e. The van der Waals surface area contributed by atoms with Crippen LogP contribution in [0.3, 0.4) is 0 Å². The Bertz CT molecular complexity index is 701. The van der Waals surface area contributed by atoms with Crippen LogP contribution >= 0.6 is 0 Å². The van der Waals surface area contributed by atoms with Crippen molar-refractivity contribution in [3.05, 3.63) is 41.7 Å². The number of rotatable bonds is 3. The predicted octanol–water partition coefficient (Wildman–Crippen LogP) is 3.10. The van der Waals surface area contributed by atoms with Crippen molar-refractivity contribution < 1.29 is 17.7 Å². The SMILES string of the molecule is CC1=CC(c2ccon2)=NC2=CCN([C@H](C3CC3)C(F)(F)F)N12. The smallest absolute Gasteiger partial charge is 0.364 e. The fraction of sp³-hybridized carbons (Fsp3) is 0.467. The minimum Gasteiger partial charge on any atom is -0.364 e. The fourth-order valence-electron chi connectivity index (χ4n) is 3.17. The average Bonchev–Trinajstić information content (AvgIpc) is 2.99. The van der Waals surface area contributed by atoms with Gasteiger partial charge in [-0.15, -0.1) is 0 Å². The maximum atomic E-state index is 13.5. The molecule has 4 rings (SSSR count). The van der Waals surface area contributed by atoms with Crippen LogP contribution in [0.15, 0.2) is 45.5 Å². The molecule has 1 aromatic heterocycles. The van der Waals surface area contributed by atoms with Crippen molar-refractivity contribution in [2.24, 2.45) is 10.9 Å². The zero-order valence-electron chi connectivity index (χ0n) is 12.4. The van der Waals surface area contributed by atoms with Crippen molar-refractivity contribution in [3.8, 4) is 0 Å². The summed E-state index contributed by atoms with van der Waals surface area (Å²) < 4.78 is 45.2. The Hall–Kier alpha value is -2.09. The van der Waals surface area contributed by atoms with Gasteiger partial charge in [0.15, 0.2) is 0 Å². The summed E-state index contributed by atoms with van der Waals surface area (Å²) in [4.78, 5) is 4.43. The van der Waals surface area contributed by atoms with Crippen molar-refractivity contribution in [1.29, 1.82) is 0 Å². The van der Waals surface area contributed by atoms with Gasteiger partial charge in [-0.05, 0) is 37.8 Å². The van der Waals surface area contributed by atoms with Gasteiger partial charge in [-0.1, -0.05) is 5.16 Å². The molecule has 3 aliphatic rings. The molecule has 0 N–H and O–H groups in total. The third-order valence-corrected chi connectivity index (χ3v) is 4.27. The molecule has 1 fully saturated rings. The molecule has 0 radical (unpaired) electrons. The summed E-state index contributed by atoms with van der Waals surface area (Å²) >= 11 is 0. The van der Waals surface area contributed by atoms with Gasteiger partial charge in [-0.25, -0.2) is 4.99 Å². The van der Waals surface area contributed by atoms with Gasteiger partial charge in [-0.2, -0.15) is 18.2 Å². The Balaban J connectivity index is 1.65. The molecule has 122 valence electrons. The number of aromatic nitrogens is 1. The van der Waals surface area contributed by atoms with E-state index in [1.807, 2.05) is 0 Å². The zero-order chi connectivity index (χ0) is 16.2. The summed E-state index contributed by atoms with van der Waals surface area (Å²) in [6.45, 7) is 1.98. The Kier molecular flexibility index (Phi) is 3.12. The van der Waals surface area contributed by atoms with Crippen molar-refractivity contribution in [1.82, 2.24) is 15.2 Å². The average molecular weight is 324 g/mol. The van der Waals surface area contributed by atoms with Gasteiger partial charge in [0.2, 0.25) is 0 Å². The molecule has 1 saturated carbocycles. The standard InChI is InChI=1S/C15H15F3N4O/c1-9-8-12(11-5-7-23-20-11)19-13-4-6-21(22(9)13)14(10-2-3-10)15(16,17)18/h4-5,7-8,10,14H,2-3,6H2,1H3/t14-/m1/s1. The second-order valence-corrected chi connectivity index (χ2v) is 5.99. The van der Waals surface area contributed by atoms with E-state index in [4.69, 9.17) is 4.52 Å². The quantitative estimate of drug-likeness (QED) is 0.857. The molecular weight excluding hydrogens is 309 g/mol. The highest BCUT2D eigenvalue weighted by molar-refractivity contribution is 6.08. The summed E-state index contributed by atoms with van der Waals surface area (Å²) in [6, 6.07) is 0.220. The number of alkyl halides is 3. The van der Waals surface area contributed by atoms with Crippen LogP contribution < -0.4 is 0 Å². The monoisotopic (exact) mass is 324 g/mol.